The molecule has 1 aromatic heterocycles. The largest absolute Gasteiger partial charge is 0.396 e. The maximum Gasteiger partial charge on any atom is 0.254 e. The Labute approximate surface area is 128 Å². The van der Waals surface area contributed by atoms with Crippen LogP contribution in [-0.4, -0.2) is 40.1 Å². The van der Waals surface area contributed by atoms with Gasteiger partial charge in [-0.3, -0.25) is 9.59 Å². The predicted molar refractivity (Wildman–Crippen MR) is 84.9 cm³/mol. The van der Waals surface area contributed by atoms with E-state index in [1.807, 2.05) is 23.1 Å². The van der Waals surface area contributed by atoms with Gasteiger partial charge < -0.3 is 15.0 Å². The quantitative estimate of drug-likeness (QED) is 0.800. The van der Waals surface area contributed by atoms with E-state index in [2.05, 4.69) is 4.98 Å². The van der Waals surface area contributed by atoms with Crippen molar-refractivity contribution in [2.75, 3.05) is 13.2 Å². The van der Waals surface area contributed by atoms with Gasteiger partial charge in [-0.25, -0.2) is 0 Å². The van der Waals surface area contributed by atoms with E-state index in [0.717, 1.165) is 24.6 Å². The van der Waals surface area contributed by atoms with Crippen molar-refractivity contribution in [3.63, 3.8) is 0 Å². The molecule has 0 aliphatic heterocycles. The molecule has 1 aliphatic carbocycles. The number of hydrogen-bond acceptors (Lipinski definition) is 3. The van der Waals surface area contributed by atoms with E-state index in [0.29, 0.717) is 24.0 Å². The number of nitrogens with one attached hydrogen (secondary N) is 1. The number of carbonyl (C=O) groups excluding carboxylic acids is 1. The molecule has 116 valence electrons. The summed E-state index contributed by atoms with van der Waals surface area (Å²) in [7, 11) is 0. The number of aromatic nitrogens is 1. The number of pyridine rings is 1. The van der Waals surface area contributed by atoms with Crippen molar-refractivity contribution in [2.45, 2.75) is 31.7 Å². The van der Waals surface area contributed by atoms with E-state index in [9.17, 15) is 9.59 Å². The molecule has 3 rings (SSSR count). The molecule has 0 spiro atoms. The lowest BCUT2D eigenvalue weighted by Gasteiger charge is -2.23. The van der Waals surface area contributed by atoms with Gasteiger partial charge in [-0.15, -0.1) is 0 Å². The highest BCUT2D eigenvalue weighted by Crippen LogP contribution is 2.29. The van der Waals surface area contributed by atoms with E-state index < -0.39 is 0 Å². The van der Waals surface area contributed by atoms with Crippen molar-refractivity contribution >= 4 is 16.8 Å². The minimum atomic E-state index is -0.256. The maximum absolute atomic E-state index is 12.9. The van der Waals surface area contributed by atoms with Gasteiger partial charge in [-0.2, -0.15) is 0 Å². The minimum absolute atomic E-state index is 0.0808. The Kier molecular flexibility index (Phi) is 4.24. The number of aromatic amines is 1. The number of aliphatic hydroxyl groups is 1. The molecule has 0 saturated heterocycles. The summed E-state index contributed by atoms with van der Waals surface area (Å²) < 4.78 is 0. The Morgan fingerprint density at radius 1 is 1.27 bits per heavy atom. The number of aliphatic hydroxyl groups excluding tert-OH is 1. The molecule has 0 radical (unpaired) electrons. The van der Waals surface area contributed by atoms with E-state index in [-0.39, 0.29) is 24.1 Å². The van der Waals surface area contributed by atoms with Crippen LogP contribution in [0, 0.1) is 0 Å². The number of benzene rings is 1. The van der Waals surface area contributed by atoms with Gasteiger partial charge in [0.25, 0.3) is 5.91 Å². The average molecular weight is 300 g/mol. The van der Waals surface area contributed by atoms with Crippen molar-refractivity contribution in [1.29, 1.82) is 0 Å². The highest BCUT2D eigenvalue weighted by Gasteiger charge is 2.33. The maximum atomic E-state index is 12.9. The van der Waals surface area contributed by atoms with Crippen LogP contribution in [-0.2, 0) is 0 Å². The fraction of sp³-hybridized carbons (Fsp3) is 0.412. The molecule has 1 saturated carbocycles. The van der Waals surface area contributed by atoms with Gasteiger partial charge in [0.1, 0.15) is 0 Å². The second-order valence-electron chi connectivity index (χ2n) is 5.75. The summed E-state index contributed by atoms with van der Waals surface area (Å²) in [6.45, 7) is 0.770. The van der Waals surface area contributed by atoms with Crippen molar-refractivity contribution in [3.8, 4) is 0 Å². The van der Waals surface area contributed by atoms with Crippen LogP contribution in [0.15, 0.2) is 35.1 Å². The van der Waals surface area contributed by atoms with Crippen LogP contribution in [0.2, 0.25) is 0 Å². The lowest BCUT2D eigenvalue weighted by Crippen LogP contribution is -2.35. The monoisotopic (exact) mass is 300 g/mol. The molecule has 1 amide bonds. The molecule has 5 heteroatoms. The average Bonchev–Trinajstić information content (AvgIpc) is 3.35. The highest BCUT2D eigenvalue weighted by atomic mass is 16.3. The third kappa shape index (κ3) is 3.04. The standard InChI is InChI=1S/C17H20N2O3/c20-10-4-3-9-19(12-7-8-12)17(22)14-11-16(21)18-15-6-2-1-5-13(14)15/h1-2,5-6,11-12,20H,3-4,7-10H2,(H,18,21). The van der Waals surface area contributed by atoms with E-state index in [1.54, 1.807) is 6.07 Å². The van der Waals surface area contributed by atoms with Crippen LogP contribution in [0.25, 0.3) is 10.9 Å². The first-order valence-corrected chi connectivity index (χ1v) is 7.74. The first-order chi connectivity index (χ1) is 10.7. The van der Waals surface area contributed by atoms with Crippen LogP contribution in [0.4, 0.5) is 0 Å². The molecular weight excluding hydrogens is 280 g/mol. The lowest BCUT2D eigenvalue weighted by atomic mass is 10.1. The second kappa shape index (κ2) is 6.32. The summed E-state index contributed by atoms with van der Waals surface area (Å²) in [5.74, 6) is -0.0808. The molecule has 5 nitrogen and oxygen atoms in total. The minimum Gasteiger partial charge on any atom is -0.396 e. The molecule has 22 heavy (non-hydrogen) atoms. The molecule has 2 N–H and O–H groups in total. The predicted octanol–water partition coefficient (Wildman–Crippen LogP) is 1.91. The first-order valence-electron chi connectivity index (χ1n) is 7.74. The van der Waals surface area contributed by atoms with E-state index in [1.165, 1.54) is 6.07 Å². The van der Waals surface area contributed by atoms with Gasteiger partial charge in [-0.05, 0) is 31.7 Å². The summed E-state index contributed by atoms with van der Waals surface area (Å²) in [6, 6.07) is 9.05. The first kappa shape index (κ1) is 14.8. The SMILES string of the molecule is O=C(c1cc(=O)[nH]c2ccccc12)N(CCCCO)C1CC1. The van der Waals surface area contributed by atoms with Gasteiger partial charge in [-0.1, -0.05) is 18.2 Å². The van der Waals surface area contributed by atoms with Crippen molar-refractivity contribution in [2.24, 2.45) is 0 Å². The lowest BCUT2D eigenvalue weighted by molar-refractivity contribution is 0.0739. The van der Waals surface area contributed by atoms with Crippen LogP contribution >= 0.6 is 0 Å². The third-order valence-electron chi connectivity index (χ3n) is 4.04. The molecule has 2 aromatic rings. The zero-order valence-electron chi connectivity index (χ0n) is 12.4. The molecule has 1 aliphatic rings. The van der Waals surface area contributed by atoms with Crippen LogP contribution in [0.5, 0.6) is 0 Å². The highest BCUT2D eigenvalue weighted by molar-refractivity contribution is 6.06. The zero-order chi connectivity index (χ0) is 15.5. The van der Waals surface area contributed by atoms with Gasteiger partial charge >= 0.3 is 0 Å². The number of fused-ring (bicyclic) bond motifs is 1. The van der Waals surface area contributed by atoms with Gasteiger partial charge in [0.05, 0.1) is 5.56 Å². The fourth-order valence-corrected chi connectivity index (χ4v) is 2.77. The summed E-state index contributed by atoms with van der Waals surface area (Å²) in [5.41, 5.74) is 0.896. The number of carbonyl (C=O) groups is 1. The molecule has 1 aromatic carbocycles. The second-order valence-corrected chi connectivity index (χ2v) is 5.75. The van der Waals surface area contributed by atoms with Gasteiger partial charge in [0, 0.05) is 36.2 Å². The molecule has 1 heterocycles. The summed E-state index contributed by atoms with van der Waals surface area (Å²) >= 11 is 0. The molecule has 0 atom stereocenters. The Hall–Kier alpha value is -2.14. The van der Waals surface area contributed by atoms with E-state index in [4.69, 9.17) is 5.11 Å². The molecular formula is C17H20N2O3. The van der Waals surface area contributed by atoms with Gasteiger partial charge in [0.15, 0.2) is 0 Å². The number of unbranched alkanes of at least 4 members (excludes halogenated alkanes) is 1. The van der Waals surface area contributed by atoms with Crippen molar-refractivity contribution in [3.05, 3.63) is 46.2 Å². The fourth-order valence-electron chi connectivity index (χ4n) is 2.77. The van der Waals surface area contributed by atoms with Crippen molar-refractivity contribution in [1.82, 2.24) is 9.88 Å². The van der Waals surface area contributed by atoms with Crippen molar-refractivity contribution < 1.29 is 9.90 Å². The molecule has 1 fully saturated rings. The Balaban J connectivity index is 1.94. The molecule has 0 bridgehead atoms. The number of nitrogens with zero attached hydrogens (tertiary/aromatic N) is 1. The zero-order valence-corrected chi connectivity index (χ0v) is 12.4. The number of H-pyrrole nitrogens is 1. The third-order valence-corrected chi connectivity index (χ3v) is 4.04. The normalized spacial score (nSPS) is 14.2. The Morgan fingerprint density at radius 3 is 2.77 bits per heavy atom. The number of para-hydroxylation sites is 1. The number of amides is 1. The number of rotatable bonds is 6. The smallest absolute Gasteiger partial charge is 0.254 e. The van der Waals surface area contributed by atoms with Crippen LogP contribution in [0.3, 0.4) is 0 Å². The Morgan fingerprint density at radius 2 is 2.05 bits per heavy atom. The van der Waals surface area contributed by atoms with Crippen LogP contribution < -0.4 is 5.56 Å². The topological polar surface area (TPSA) is 73.4 Å². The molecule has 0 unspecified atom stereocenters. The van der Waals surface area contributed by atoms with Gasteiger partial charge in [0.2, 0.25) is 5.56 Å². The summed E-state index contributed by atoms with van der Waals surface area (Å²) in [5, 5.41) is 9.70. The summed E-state index contributed by atoms with van der Waals surface area (Å²) in [6.07, 6.45) is 3.50. The van der Waals surface area contributed by atoms with Crippen LogP contribution in [0.1, 0.15) is 36.0 Å². The van der Waals surface area contributed by atoms with E-state index >= 15 is 0 Å². The summed E-state index contributed by atoms with van der Waals surface area (Å²) in [4.78, 5) is 29.3. The Bertz CT molecular complexity index is 734. The number of hydrogen-bond donors (Lipinski definition) is 2.